The van der Waals surface area contributed by atoms with Gasteiger partial charge in [0, 0.05) is 40.9 Å². The SMILES string of the molecule is Cc1ccc(S(=O)(=O)n2cc(-c3cncc(C4CC4)n3)c3cc(-c4nnc(NC5CC5)o4)ccc32)cc1. The minimum absolute atomic E-state index is 0.219. The number of benzene rings is 2. The average Bonchev–Trinajstić information content (AvgIpc) is 3.83. The highest BCUT2D eigenvalue weighted by Gasteiger charge is 2.28. The van der Waals surface area contributed by atoms with E-state index in [0.29, 0.717) is 51.6 Å². The zero-order valence-corrected chi connectivity index (χ0v) is 20.9. The number of aryl methyl sites for hydroxylation is 1. The Morgan fingerprint density at radius 1 is 1.00 bits per heavy atom. The van der Waals surface area contributed by atoms with Gasteiger partial charge in [-0.15, -0.1) is 5.10 Å². The van der Waals surface area contributed by atoms with Crippen molar-refractivity contribution in [2.24, 2.45) is 0 Å². The Kier molecular flexibility index (Phi) is 4.94. The summed E-state index contributed by atoms with van der Waals surface area (Å²) in [6, 6.07) is 13.1. The van der Waals surface area contributed by atoms with Crippen molar-refractivity contribution in [1.82, 2.24) is 24.1 Å². The summed E-state index contributed by atoms with van der Waals surface area (Å²) in [6.07, 6.45) is 9.49. The van der Waals surface area contributed by atoms with Crippen molar-refractivity contribution < 1.29 is 12.8 Å². The average molecular weight is 513 g/mol. The van der Waals surface area contributed by atoms with E-state index in [0.717, 1.165) is 36.9 Å². The predicted octanol–water partition coefficient (Wildman–Crippen LogP) is 5.15. The Labute approximate surface area is 213 Å². The number of nitrogens with zero attached hydrogens (tertiary/aromatic N) is 5. The molecular weight excluding hydrogens is 488 g/mol. The van der Waals surface area contributed by atoms with E-state index in [4.69, 9.17) is 9.40 Å². The first-order valence-corrected chi connectivity index (χ1v) is 13.8. The monoisotopic (exact) mass is 512 g/mol. The van der Waals surface area contributed by atoms with Crippen molar-refractivity contribution in [2.75, 3.05) is 5.32 Å². The van der Waals surface area contributed by atoms with E-state index in [1.807, 2.05) is 13.0 Å². The van der Waals surface area contributed by atoms with Crippen LogP contribution in [-0.2, 0) is 10.0 Å². The van der Waals surface area contributed by atoms with Gasteiger partial charge in [-0.1, -0.05) is 22.8 Å². The fraction of sp³-hybridized carbons (Fsp3) is 0.259. The summed E-state index contributed by atoms with van der Waals surface area (Å²) in [5.74, 6) is 0.784. The second-order valence-electron chi connectivity index (χ2n) is 9.82. The number of fused-ring (bicyclic) bond motifs is 1. The third-order valence-electron chi connectivity index (χ3n) is 6.85. The molecule has 0 aliphatic heterocycles. The van der Waals surface area contributed by atoms with E-state index in [-0.39, 0.29) is 4.90 Å². The summed E-state index contributed by atoms with van der Waals surface area (Å²) in [6.45, 7) is 1.93. The zero-order chi connectivity index (χ0) is 25.1. The maximum absolute atomic E-state index is 13.7. The Hall–Kier alpha value is -4.05. The highest BCUT2D eigenvalue weighted by molar-refractivity contribution is 7.90. The van der Waals surface area contributed by atoms with E-state index < -0.39 is 10.0 Å². The Bertz CT molecular complexity index is 1750. The molecule has 3 aromatic heterocycles. The number of aromatic nitrogens is 5. The summed E-state index contributed by atoms with van der Waals surface area (Å²) in [5.41, 5.74) is 4.47. The van der Waals surface area contributed by atoms with Crippen LogP contribution in [0.5, 0.6) is 0 Å². The van der Waals surface area contributed by atoms with Gasteiger partial charge in [0.1, 0.15) is 0 Å². The molecule has 0 saturated heterocycles. The Balaban J connectivity index is 1.39. The van der Waals surface area contributed by atoms with Gasteiger partial charge in [0.15, 0.2) is 0 Å². The third-order valence-corrected chi connectivity index (χ3v) is 8.54. The van der Waals surface area contributed by atoms with Crippen LogP contribution in [0.25, 0.3) is 33.6 Å². The van der Waals surface area contributed by atoms with Crippen molar-refractivity contribution in [2.45, 2.75) is 49.5 Å². The predicted molar refractivity (Wildman–Crippen MR) is 139 cm³/mol. The highest BCUT2D eigenvalue weighted by atomic mass is 32.2. The first kappa shape index (κ1) is 22.2. The van der Waals surface area contributed by atoms with Gasteiger partial charge < -0.3 is 9.73 Å². The molecular formula is C27H24N6O3S. The third kappa shape index (κ3) is 4.07. The maximum Gasteiger partial charge on any atom is 0.315 e. The lowest BCUT2D eigenvalue weighted by Crippen LogP contribution is -2.11. The van der Waals surface area contributed by atoms with E-state index in [9.17, 15) is 8.42 Å². The molecule has 2 saturated carbocycles. The summed E-state index contributed by atoms with van der Waals surface area (Å²) >= 11 is 0. The molecule has 0 spiro atoms. The van der Waals surface area contributed by atoms with Crippen molar-refractivity contribution in [3.63, 3.8) is 0 Å². The van der Waals surface area contributed by atoms with E-state index in [1.165, 1.54) is 3.97 Å². The second-order valence-corrected chi connectivity index (χ2v) is 11.6. The quantitative estimate of drug-likeness (QED) is 0.318. The largest absolute Gasteiger partial charge is 0.403 e. The summed E-state index contributed by atoms with van der Waals surface area (Å²) < 4.78 is 34.6. The standard InChI is InChI=1S/C27H24N6O3S/c1-16-2-9-20(10-3-16)37(34,35)33-15-22(24-14-28-13-23(30-24)17-4-5-17)21-12-18(6-11-25(21)33)26-31-32-27(36-26)29-19-7-8-19/h2-3,6,9-15,17,19H,4-5,7-8H2,1H3,(H,29,32). The number of nitrogens with one attached hydrogen (secondary N) is 1. The zero-order valence-electron chi connectivity index (χ0n) is 20.1. The second kappa shape index (κ2) is 8.24. The maximum atomic E-state index is 13.7. The van der Waals surface area contributed by atoms with Gasteiger partial charge in [0.25, 0.3) is 10.0 Å². The van der Waals surface area contributed by atoms with Crippen LogP contribution in [-0.4, -0.2) is 38.6 Å². The number of hydrogen-bond donors (Lipinski definition) is 1. The molecule has 2 fully saturated rings. The van der Waals surface area contributed by atoms with Crippen LogP contribution in [0.4, 0.5) is 6.01 Å². The molecule has 5 aromatic rings. The van der Waals surface area contributed by atoms with Crippen LogP contribution in [0.2, 0.25) is 0 Å². The van der Waals surface area contributed by atoms with Crippen molar-refractivity contribution in [1.29, 1.82) is 0 Å². The lowest BCUT2D eigenvalue weighted by molar-refractivity contribution is 0.580. The van der Waals surface area contributed by atoms with Gasteiger partial charge >= 0.3 is 6.01 Å². The van der Waals surface area contributed by atoms with Gasteiger partial charge in [-0.3, -0.25) is 4.98 Å². The number of hydrogen-bond acceptors (Lipinski definition) is 8. The molecule has 186 valence electrons. The molecule has 0 unspecified atom stereocenters. The van der Waals surface area contributed by atoms with Gasteiger partial charge in [-0.25, -0.2) is 17.4 Å². The van der Waals surface area contributed by atoms with E-state index >= 15 is 0 Å². The molecule has 2 aliphatic rings. The molecule has 1 N–H and O–H groups in total. The smallest absolute Gasteiger partial charge is 0.315 e. The van der Waals surface area contributed by atoms with Crippen LogP contribution >= 0.6 is 0 Å². The fourth-order valence-electron chi connectivity index (χ4n) is 4.45. The summed E-state index contributed by atoms with van der Waals surface area (Å²) in [5, 5.41) is 12.2. The number of rotatable bonds is 7. The lowest BCUT2D eigenvalue weighted by Gasteiger charge is -2.08. The first-order valence-electron chi connectivity index (χ1n) is 12.4. The van der Waals surface area contributed by atoms with Gasteiger partial charge in [-0.2, -0.15) is 0 Å². The normalized spacial score (nSPS) is 15.8. The molecule has 2 aliphatic carbocycles. The van der Waals surface area contributed by atoms with Crippen LogP contribution in [0.15, 0.2) is 70.4 Å². The van der Waals surface area contributed by atoms with Crippen molar-refractivity contribution in [3.8, 4) is 22.7 Å². The molecule has 2 aromatic carbocycles. The van der Waals surface area contributed by atoms with Crippen molar-refractivity contribution in [3.05, 3.63) is 72.3 Å². The van der Waals surface area contributed by atoms with Gasteiger partial charge in [-0.05, 0) is 62.9 Å². The van der Waals surface area contributed by atoms with Crippen LogP contribution < -0.4 is 5.32 Å². The minimum atomic E-state index is -3.86. The topological polar surface area (TPSA) is 116 Å². The summed E-state index contributed by atoms with van der Waals surface area (Å²) in [7, 11) is -3.86. The number of anilines is 1. The van der Waals surface area contributed by atoms with Crippen LogP contribution in [0.1, 0.15) is 42.9 Å². The Morgan fingerprint density at radius 3 is 2.57 bits per heavy atom. The fourth-order valence-corrected chi connectivity index (χ4v) is 5.82. The van der Waals surface area contributed by atoms with Crippen LogP contribution in [0, 0.1) is 6.92 Å². The minimum Gasteiger partial charge on any atom is -0.403 e. The summed E-state index contributed by atoms with van der Waals surface area (Å²) in [4.78, 5) is 9.48. The van der Waals surface area contributed by atoms with E-state index in [2.05, 4.69) is 20.5 Å². The molecule has 0 amide bonds. The molecule has 0 atom stereocenters. The molecule has 0 radical (unpaired) electrons. The molecule has 10 heteroatoms. The van der Waals surface area contributed by atoms with Crippen molar-refractivity contribution >= 4 is 26.9 Å². The first-order chi connectivity index (χ1) is 18.0. The lowest BCUT2D eigenvalue weighted by atomic mass is 10.1. The van der Waals surface area contributed by atoms with Gasteiger partial charge in [0.2, 0.25) is 5.89 Å². The molecule has 0 bridgehead atoms. The molecule has 3 heterocycles. The van der Waals surface area contributed by atoms with Crippen LogP contribution in [0.3, 0.4) is 0 Å². The van der Waals surface area contributed by atoms with Gasteiger partial charge in [0.05, 0.1) is 28.0 Å². The molecule has 37 heavy (non-hydrogen) atoms. The van der Waals surface area contributed by atoms with E-state index in [1.54, 1.807) is 55.0 Å². The molecule has 7 rings (SSSR count). The molecule has 9 nitrogen and oxygen atoms in total. The highest BCUT2D eigenvalue weighted by Crippen LogP contribution is 2.40. The Morgan fingerprint density at radius 2 is 1.81 bits per heavy atom.